The van der Waals surface area contributed by atoms with Gasteiger partial charge in [-0.2, -0.15) is 0 Å². The van der Waals surface area contributed by atoms with Crippen LogP contribution >= 0.6 is 34.8 Å². The molecule has 0 radical (unpaired) electrons. The SMILES string of the molecule is [Li+].[O-]c1cc(Cl)c(Cl)c(Cl)c1. The third-order valence-corrected chi connectivity index (χ3v) is 2.15. The summed E-state index contributed by atoms with van der Waals surface area (Å²) in [5, 5.41) is 11.2. The van der Waals surface area contributed by atoms with E-state index >= 15 is 0 Å². The monoisotopic (exact) mass is 202 g/mol. The van der Waals surface area contributed by atoms with Gasteiger partial charge in [0, 0.05) is 0 Å². The van der Waals surface area contributed by atoms with Gasteiger partial charge in [-0.1, -0.05) is 34.8 Å². The van der Waals surface area contributed by atoms with Crippen LogP contribution in [0, 0.1) is 0 Å². The van der Waals surface area contributed by atoms with Crippen LogP contribution in [-0.4, -0.2) is 0 Å². The predicted molar refractivity (Wildman–Crippen MR) is 40.9 cm³/mol. The average Bonchev–Trinajstić information content (AvgIpc) is 1.82. The molecule has 0 aromatic heterocycles. The Kier molecular flexibility index (Phi) is 4.70. The van der Waals surface area contributed by atoms with Crippen LogP contribution in [0.5, 0.6) is 5.75 Å². The molecule has 1 aromatic rings. The fraction of sp³-hybridized carbons (Fsp3) is 0. The Balaban J connectivity index is 0.000001000. The van der Waals surface area contributed by atoms with Gasteiger partial charge in [-0.05, 0) is 12.1 Å². The molecule has 0 bridgehead atoms. The van der Waals surface area contributed by atoms with E-state index in [9.17, 15) is 5.11 Å². The van der Waals surface area contributed by atoms with Crippen LogP contribution in [0.4, 0.5) is 0 Å². The van der Waals surface area contributed by atoms with Gasteiger partial charge in [0.25, 0.3) is 0 Å². The number of hydrogen-bond acceptors (Lipinski definition) is 1. The maximum absolute atomic E-state index is 10.6. The topological polar surface area (TPSA) is 23.1 Å². The Morgan fingerprint density at radius 3 is 1.73 bits per heavy atom. The van der Waals surface area contributed by atoms with Gasteiger partial charge in [-0.3, -0.25) is 0 Å². The molecule has 0 aliphatic rings. The molecular formula is C6H2Cl3LiO. The second-order valence-corrected chi connectivity index (χ2v) is 2.89. The molecule has 5 heteroatoms. The Labute approximate surface area is 91.4 Å². The van der Waals surface area contributed by atoms with E-state index in [1.165, 1.54) is 12.1 Å². The summed E-state index contributed by atoms with van der Waals surface area (Å²) in [7, 11) is 0. The summed E-state index contributed by atoms with van der Waals surface area (Å²) in [4.78, 5) is 0. The molecule has 54 valence electrons. The molecule has 0 saturated heterocycles. The Bertz CT molecular complexity index is 241. The average molecular weight is 203 g/mol. The Morgan fingerprint density at radius 1 is 1.00 bits per heavy atom. The molecule has 0 unspecified atom stereocenters. The summed E-state index contributed by atoms with van der Waals surface area (Å²) in [6, 6.07) is 2.44. The van der Waals surface area contributed by atoms with Crippen molar-refractivity contribution in [2.75, 3.05) is 0 Å². The quantitative estimate of drug-likeness (QED) is 0.420. The first kappa shape index (κ1) is 11.5. The van der Waals surface area contributed by atoms with Crippen molar-refractivity contribution in [1.29, 1.82) is 0 Å². The van der Waals surface area contributed by atoms with Crippen molar-refractivity contribution in [3.05, 3.63) is 27.2 Å². The summed E-state index contributed by atoms with van der Waals surface area (Å²) in [6.07, 6.45) is 0. The normalized spacial score (nSPS) is 9.00. The van der Waals surface area contributed by atoms with Gasteiger partial charge >= 0.3 is 18.9 Å². The van der Waals surface area contributed by atoms with E-state index in [1.54, 1.807) is 0 Å². The van der Waals surface area contributed by atoms with Crippen molar-refractivity contribution in [2.24, 2.45) is 0 Å². The third-order valence-electron chi connectivity index (χ3n) is 0.957. The Morgan fingerprint density at radius 2 is 1.36 bits per heavy atom. The molecule has 11 heavy (non-hydrogen) atoms. The van der Waals surface area contributed by atoms with Crippen LogP contribution in [0.3, 0.4) is 0 Å². The smallest absolute Gasteiger partial charge is 0.872 e. The van der Waals surface area contributed by atoms with Gasteiger partial charge in [-0.15, -0.1) is 5.75 Å². The van der Waals surface area contributed by atoms with Crippen LogP contribution in [0.2, 0.25) is 15.1 Å². The van der Waals surface area contributed by atoms with Crippen LogP contribution in [0.1, 0.15) is 0 Å². The van der Waals surface area contributed by atoms with Crippen molar-refractivity contribution < 1.29 is 24.0 Å². The molecule has 0 aliphatic carbocycles. The first-order valence-corrected chi connectivity index (χ1v) is 3.56. The maximum Gasteiger partial charge on any atom is 1.00 e. The fourth-order valence-electron chi connectivity index (χ4n) is 0.532. The molecule has 0 atom stereocenters. The second kappa shape index (κ2) is 4.50. The second-order valence-electron chi connectivity index (χ2n) is 1.70. The summed E-state index contributed by atoms with van der Waals surface area (Å²) < 4.78 is 0. The zero-order valence-corrected chi connectivity index (χ0v) is 7.96. The van der Waals surface area contributed by atoms with E-state index in [0.29, 0.717) is 0 Å². The summed E-state index contributed by atoms with van der Waals surface area (Å²) >= 11 is 16.6. The molecule has 0 fully saturated rings. The van der Waals surface area contributed by atoms with Crippen molar-refractivity contribution in [2.45, 2.75) is 0 Å². The van der Waals surface area contributed by atoms with Gasteiger partial charge < -0.3 is 5.11 Å². The minimum Gasteiger partial charge on any atom is -0.872 e. The van der Waals surface area contributed by atoms with Crippen LogP contribution in [-0.2, 0) is 0 Å². The molecular weight excluding hydrogens is 201 g/mol. The van der Waals surface area contributed by atoms with E-state index in [-0.39, 0.29) is 39.7 Å². The van der Waals surface area contributed by atoms with Crippen LogP contribution < -0.4 is 24.0 Å². The zero-order valence-electron chi connectivity index (χ0n) is 5.70. The molecule has 1 rings (SSSR count). The van der Waals surface area contributed by atoms with Crippen LogP contribution in [0.25, 0.3) is 0 Å². The number of rotatable bonds is 0. The molecule has 1 aromatic carbocycles. The molecule has 0 N–H and O–H groups in total. The molecule has 0 saturated carbocycles. The fourth-order valence-corrected chi connectivity index (χ4v) is 1.11. The first-order chi connectivity index (χ1) is 4.61. The van der Waals surface area contributed by atoms with E-state index < -0.39 is 0 Å². The molecule has 0 heterocycles. The van der Waals surface area contributed by atoms with Gasteiger partial charge in [0.05, 0.1) is 15.1 Å². The number of benzene rings is 1. The zero-order chi connectivity index (χ0) is 7.72. The minimum atomic E-state index is -0.237. The molecule has 0 spiro atoms. The van der Waals surface area contributed by atoms with Crippen molar-refractivity contribution in [3.8, 4) is 5.75 Å². The standard InChI is InChI=1S/C6H3Cl3O.Li/c7-4-1-3(10)2-5(8)6(4)9;/h1-2,10H;/q;+1/p-1. The van der Waals surface area contributed by atoms with E-state index in [1.807, 2.05) is 0 Å². The maximum atomic E-state index is 10.6. The van der Waals surface area contributed by atoms with E-state index in [4.69, 9.17) is 34.8 Å². The van der Waals surface area contributed by atoms with Gasteiger partial charge in [0.15, 0.2) is 0 Å². The predicted octanol–water partition coefficient (Wildman–Crippen LogP) is -0.276. The first-order valence-electron chi connectivity index (χ1n) is 2.43. The van der Waals surface area contributed by atoms with Crippen LogP contribution in [0.15, 0.2) is 12.1 Å². The molecule has 1 nitrogen and oxygen atoms in total. The number of halogens is 3. The van der Waals surface area contributed by atoms with E-state index in [2.05, 4.69) is 0 Å². The van der Waals surface area contributed by atoms with Crippen molar-refractivity contribution in [3.63, 3.8) is 0 Å². The van der Waals surface area contributed by atoms with E-state index in [0.717, 1.165) is 0 Å². The number of hydrogen-bond donors (Lipinski definition) is 0. The minimum absolute atomic E-state index is 0. The third kappa shape index (κ3) is 2.78. The summed E-state index contributed by atoms with van der Waals surface area (Å²) in [5.74, 6) is -0.237. The summed E-state index contributed by atoms with van der Waals surface area (Å²) in [6.45, 7) is 0. The summed E-state index contributed by atoms with van der Waals surface area (Å²) in [5.41, 5.74) is 0. The largest absolute Gasteiger partial charge is 1.00 e. The van der Waals surface area contributed by atoms with Gasteiger partial charge in [0.1, 0.15) is 0 Å². The van der Waals surface area contributed by atoms with Gasteiger partial charge in [0.2, 0.25) is 0 Å². The van der Waals surface area contributed by atoms with Crippen molar-refractivity contribution >= 4 is 34.8 Å². The molecule has 0 aliphatic heterocycles. The Hall–Kier alpha value is 0.487. The van der Waals surface area contributed by atoms with Crippen molar-refractivity contribution in [1.82, 2.24) is 0 Å². The molecule has 0 amide bonds. The van der Waals surface area contributed by atoms with Gasteiger partial charge in [-0.25, -0.2) is 0 Å².